The van der Waals surface area contributed by atoms with Gasteiger partial charge in [-0.2, -0.15) is 0 Å². The van der Waals surface area contributed by atoms with Crippen molar-refractivity contribution >= 4 is 11.9 Å². The fourth-order valence-electron chi connectivity index (χ4n) is 2.57. The second kappa shape index (κ2) is 8.99. The van der Waals surface area contributed by atoms with E-state index in [2.05, 4.69) is 9.88 Å². The number of pyridine rings is 1. The van der Waals surface area contributed by atoms with Gasteiger partial charge in [0.25, 0.3) is 0 Å². The molecular formula is C18H28FN3O3. The zero-order chi connectivity index (χ0) is 18.3. The van der Waals surface area contributed by atoms with Gasteiger partial charge >= 0.3 is 6.09 Å². The fraction of sp³-hybridized carbons (Fsp3) is 0.667. The minimum absolute atomic E-state index is 0.299. The van der Waals surface area contributed by atoms with Gasteiger partial charge in [-0.1, -0.05) is 0 Å². The van der Waals surface area contributed by atoms with E-state index in [1.807, 2.05) is 20.8 Å². The molecule has 1 aliphatic rings. The van der Waals surface area contributed by atoms with E-state index in [4.69, 9.17) is 9.47 Å². The average Bonchev–Trinajstić information content (AvgIpc) is 2.58. The van der Waals surface area contributed by atoms with Gasteiger partial charge in [-0.3, -0.25) is 0 Å². The summed E-state index contributed by atoms with van der Waals surface area (Å²) in [4.78, 5) is 20.2. The van der Waals surface area contributed by atoms with Crippen LogP contribution in [-0.4, -0.2) is 61.0 Å². The number of carbonyl (C=O) groups excluding carboxylic acids is 1. The summed E-state index contributed by atoms with van der Waals surface area (Å²) in [5.74, 6) is 0.402. The maximum absolute atomic E-state index is 13.1. The number of carbonyl (C=O) groups is 1. The molecule has 0 aliphatic carbocycles. The Morgan fingerprint density at radius 2 is 1.88 bits per heavy atom. The Hall–Kier alpha value is -1.89. The molecule has 0 radical (unpaired) electrons. The van der Waals surface area contributed by atoms with E-state index in [0.717, 1.165) is 25.2 Å². The Kier molecular flexibility index (Phi) is 6.99. The summed E-state index contributed by atoms with van der Waals surface area (Å²) < 4.78 is 24.2. The van der Waals surface area contributed by atoms with Crippen LogP contribution in [0, 0.1) is 5.82 Å². The van der Waals surface area contributed by atoms with Gasteiger partial charge in [-0.25, -0.2) is 14.2 Å². The summed E-state index contributed by atoms with van der Waals surface area (Å²) in [6.45, 7) is 9.19. The van der Waals surface area contributed by atoms with E-state index in [-0.39, 0.29) is 11.9 Å². The second-order valence-electron chi connectivity index (χ2n) is 7.11. The van der Waals surface area contributed by atoms with E-state index < -0.39 is 5.60 Å². The minimum atomic E-state index is -0.505. The molecule has 2 heterocycles. The van der Waals surface area contributed by atoms with Gasteiger partial charge < -0.3 is 19.3 Å². The molecule has 140 valence electrons. The normalized spacial score (nSPS) is 17.8. The number of aromatic nitrogens is 1. The van der Waals surface area contributed by atoms with E-state index >= 15 is 0 Å². The van der Waals surface area contributed by atoms with Gasteiger partial charge in [0.05, 0.1) is 19.4 Å². The Bertz CT molecular complexity index is 545. The molecule has 2 rings (SSSR count). The van der Waals surface area contributed by atoms with Crippen LogP contribution in [0.1, 0.15) is 33.6 Å². The van der Waals surface area contributed by atoms with Crippen LogP contribution < -0.4 is 4.90 Å². The number of hydrogen-bond acceptors (Lipinski definition) is 5. The number of ether oxygens (including phenoxy) is 2. The largest absolute Gasteiger partial charge is 0.444 e. The highest BCUT2D eigenvalue weighted by molar-refractivity contribution is 5.68. The van der Waals surface area contributed by atoms with Gasteiger partial charge in [-0.05, 0) is 45.7 Å². The third-order valence-corrected chi connectivity index (χ3v) is 3.80. The summed E-state index contributed by atoms with van der Waals surface area (Å²) in [7, 11) is 0. The first kappa shape index (κ1) is 19.4. The van der Waals surface area contributed by atoms with Crippen molar-refractivity contribution < 1.29 is 18.7 Å². The third-order valence-electron chi connectivity index (χ3n) is 3.80. The minimum Gasteiger partial charge on any atom is -0.444 e. The maximum Gasteiger partial charge on any atom is 0.410 e. The Morgan fingerprint density at radius 1 is 1.16 bits per heavy atom. The highest BCUT2D eigenvalue weighted by atomic mass is 19.1. The van der Waals surface area contributed by atoms with Crippen molar-refractivity contribution in [2.75, 3.05) is 44.3 Å². The molecule has 0 bridgehead atoms. The van der Waals surface area contributed by atoms with Crippen molar-refractivity contribution in [2.24, 2.45) is 0 Å². The van der Waals surface area contributed by atoms with Crippen molar-refractivity contribution in [1.82, 2.24) is 9.88 Å². The molecule has 0 N–H and O–H groups in total. The number of nitrogens with zero attached hydrogens (tertiary/aromatic N) is 3. The summed E-state index contributed by atoms with van der Waals surface area (Å²) in [5, 5.41) is 0. The van der Waals surface area contributed by atoms with Crippen LogP contribution in [0.4, 0.5) is 15.0 Å². The average molecular weight is 353 g/mol. The van der Waals surface area contributed by atoms with Crippen molar-refractivity contribution in [1.29, 1.82) is 0 Å². The lowest BCUT2D eigenvalue weighted by Gasteiger charge is -2.27. The first-order valence-corrected chi connectivity index (χ1v) is 8.77. The Balaban J connectivity index is 1.93. The van der Waals surface area contributed by atoms with E-state index in [1.54, 1.807) is 11.0 Å². The second-order valence-corrected chi connectivity index (χ2v) is 7.11. The molecule has 0 aromatic carbocycles. The molecule has 6 nitrogen and oxygen atoms in total. The SMILES string of the molecule is CC(C)(C)OC(=O)N1CCCCN(c2ccc(F)cn2)CCOCC1. The topological polar surface area (TPSA) is 54.9 Å². The van der Waals surface area contributed by atoms with Crippen LogP contribution in [0.2, 0.25) is 0 Å². The van der Waals surface area contributed by atoms with Gasteiger partial charge in [0.2, 0.25) is 0 Å². The fourth-order valence-corrected chi connectivity index (χ4v) is 2.57. The lowest BCUT2D eigenvalue weighted by atomic mass is 10.2. The van der Waals surface area contributed by atoms with Crippen LogP contribution in [0.3, 0.4) is 0 Å². The molecule has 7 heteroatoms. The van der Waals surface area contributed by atoms with Crippen molar-refractivity contribution in [3.05, 3.63) is 24.1 Å². The Labute approximate surface area is 148 Å². The predicted octanol–water partition coefficient (Wildman–Crippen LogP) is 3.07. The number of hydrogen-bond donors (Lipinski definition) is 0. The summed E-state index contributed by atoms with van der Waals surface area (Å²) in [5.41, 5.74) is -0.505. The molecular weight excluding hydrogens is 325 g/mol. The maximum atomic E-state index is 13.1. The standard InChI is InChI=1S/C18H28FN3O3/c1-18(2,3)25-17(23)22-9-5-4-8-21(10-12-24-13-11-22)16-7-6-15(19)14-20-16/h6-7,14H,4-5,8-13H2,1-3H3. The van der Waals surface area contributed by atoms with Gasteiger partial charge in [-0.15, -0.1) is 0 Å². The smallest absolute Gasteiger partial charge is 0.410 e. The molecule has 1 aromatic rings. The van der Waals surface area contributed by atoms with Crippen LogP contribution in [-0.2, 0) is 9.47 Å². The summed E-state index contributed by atoms with van der Waals surface area (Å²) >= 11 is 0. The lowest BCUT2D eigenvalue weighted by molar-refractivity contribution is 0.0180. The molecule has 0 spiro atoms. The zero-order valence-electron chi connectivity index (χ0n) is 15.3. The summed E-state index contributed by atoms with van der Waals surface area (Å²) in [6.07, 6.45) is 2.69. The molecule has 0 saturated carbocycles. The van der Waals surface area contributed by atoms with Crippen LogP contribution in [0.15, 0.2) is 18.3 Å². The predicted molar refractivity (Wildman–Crippen MR) is 94.3 cm³/mol. The number of anilines is 1. The van der Waals surface area contributed by atoms with E-state index in [9.17, 15) is 9.18 Å². The number of amides is 1. The van der Waals surface area contributed by atoms with E-state index in [1.165, 1.54) is 12.3 Å². The molecule has 1 amide bonds. The van der Waals surface area contributed by atoms with Crippen LogP contribution in [0.5, 0.6) is 0 Å². The molecule has 1 saturated heterocycles. The first-order chi connectivity index (χ1) is 11.8. The van der Waals surface area contributed by atoms with Crippen molar-refractivity contribution in [3.8, 4) is 0 Å². The molecule has 0 unspecified atom stereocenters. The Morgan fingerprint density at radius 3 is 2.56 bits per heavy atom. The number of rotatable bonds is 1. The highest BCUT2D eigenvalue weighted by Crippen LogP contribution is 2.14. The molecule has 25 heavy (non-hydrogen) atoms. The number of halogens is 1. The highest BCUT2D eigenvalue weighted by Gasteiger charge is 2.22. The molecule has 1 fully saturated rings. The first-order valence-electron chi connectivity index (χ1n) is 8.77. The van der Waals surface area contributed by atoms with Crippen molar-refractivity contribution in [2.45, 2.75) is 39.2 Å². The van der Waals surface area contributed by atoms with Crippen LogP contribution >= 0.6 is 0 Å². The molecule has 1 aliphatic heterocycles. The third kappa shape index (κ3) is 6.86. The van der Waals surface area contributed by atoms with Gasteiger partial charge in [0, 0.05) is 26.2 Å². The molecule has 0 atom stereocenters. The zero-order valence-corrected chi connectivity index (χ0v) is 15.3. The lowest BCUT2D eigenvalue weighted by Crippen LogP contribution is -2.39. The summed E-state index contributed by atoms with van der Waals surface area (Å²) in [6, 6.07) is 3.10. The van der Waals surface area contributed by atoms with Crippen molar-refractivity contribution in [3.63, 3.8) is 0 Å². The van der Waals surface area contributed by atoms with Crippen LogP contribution in [0.25, 0.3) is 0 Å². The monoisotopic (exact) mass is 353 g/mol. The quantitative estimate of drug-likeness (QED) is 0.777. The van der Waals surface area contributed by atoms with Gasteiger partial charge in [0.1, 0.15) is 17.2 Å². The molecule has 1 aromatic heterocycles. The van der Waals surface area contributed by atoms with E-state index in [0.29, 0.717) is 32.8 Å². The van der Waals surface area contributed by atoms with Gasteiger partial charge in [0.15, 0.2) is 0 Å².